The zero-order valence-corrected chi connectivity index (χ0v) is 21.9. The third-order valence-corrected chi connectivity index (χ3v) is 6.41. The Morgan fingerprint density at radius 1 is 0.939 bits per heavy atom. The van der Waals surface area contributed by atoms with E-state index in [0.717, 1.165) is 0 Å². The van der Waals surface area contributed by atoms with Crippen LogP contribution in [0.1, 0.15) is 68.7 Å². The van der Waals surface area contributed by atoms with Crippen molar-refractivity contribution in [2.45, 2.75) is 96.3 Å². The average molecular weight is 486 g/mol. The van der Waals surface area contributed by atoms with Gasteiger partial charge in [0.05, 0.1) is 10.9 Å². The zero-order chi connectivity index (χ0) is 25.6. The van der Waals surface area contributed by atoms with E-state index < -0.39 is 52.2 Å². The summed E-state index contributed by atoms with van der Waals surface area (Å²) in [4.78, 5) is 39.4. The van der Waals surface area contributed by atoms with Crippen molar-refractivity contribution in [3.05, 3.63) is 11.2 Å². The van der Waals surface area contributed by atoms with E-state index in [0.29, 0.717) is 5.03 Å². The number of carbonyl (C=O) groups is 3. The smallest absolute Gasteiger partial charge is 0.408 e. The minimum absolute atomic E-state index is 0.217. The Hall–Kier alpha value is -2.10. The number of fused-ring (bicyclic) bond motifs is 1. The molecule has 2 aliphatic carbocycles. The number of nitrogens with one attached hydrogen (secondary N) is 1. The van der Waals surface area contributed by atoms with Gasteiger partial charge in [-0.05, 0) is 74.7 Å². The van der Waals surface area contributed by atoms with Gasteiger partial charge < -0.3 is 31.0 Å². The Morgan fingerprint density at radius 2 is 1.45 bits per heavy atom. The van der Waals surface area contributed by atoms with Gasteiger partial charge in [-0.2, -0.15) is 0 Å². The van der Waals surface area contributed by atoms with Crippen molar-refractivity contribution >= 4 is 29.8 Å². The summed E-state index contributed by atoms with van der Waals surface area (Å²) >= 11 is 1.28. The van der Waals surface area contributed by atoms with Gasteiger partial charge in [-0.1, -0.05) is 0 Å². The van der Waals surface area contributed by atoms with Crippen LogP contribution < -0.4 is 16.8 Å². The SMILES string of the molecule is CC(C)(C)OC(=O)N[C@@]1(C(=O)OC(C)(C)C)C[C@H](S/C(N)=C/N)[C@H]2[C@H](C(=O)OC(C)(C)C)[C@H]21. The van der Waals surface area contributed by atoms with E-state index in [4.69, 9.17) is 25.7 Å². The number of hydrogen-bond acceptors (Lipinski definition) is 9. The predicted octanol–water partition coefficient (Wildman–Crippen LogP) is 3.02. The summed E-state index contributed by atoms with van der Waals surface area (Å²) < 4.78 is 16.8. The number of alkyl carbamates (subject to hydrolysis) is 1. The lowest BCUT2D eigenvalue weighted by Crippen LogP contribution is -2.59. The molecule has 0 bridgehead atoms. The summed E-state index contributed by atoms with van der Waals surface area (Å²) in [5.74, 6) is -2.38. The summed E-state index contributed by atoms with van der Waals surface area (Å²) in [5, 5.41) is 2.90. The number of ether oxygens (including phenoxy) is 3. The van der Waals surface area contributed by atoms with Crippen LogP contribution in [-0.4, -0.2) is 45.6 Å². The van der Waals surface area contributed by atoms with E-state index in [2.05, 4.69) is 5.32 Å². The van der Waals surface area contributed by atoms with Gasteiger partial charge in [-0.15, -0.1) is 11.8 Å². The van der Waals surface area contributed by atoms with E-state index in [1.807, 2.05) is 0 Å². The highest BCUT2D eigenvalue weighted by molar-refractivity contribution is 8.03. The molecule has 2 saturated carbocycles. The Balaban J connectivity index is 2.47. The normalized spacial score (nSPS) is 29.7. The summed E-state index contributed by atoms with van der Waals surface area (Å²) in [5.41, 5.74) is 7.80. The van der Waals surface area contributed by atoms with Crippen LogP contribution in [0.5, 0.6) is 0 Å². The maximum absolute atomic E-state index is 13.6. The van der Waals surface area contributed by atoms with E-state index in [-0.39, 0.29) is 17.6 Å². The van der Waals surface area contributed by atoms with Gasteiger partial charge in [-0.3, -0.25) is 4.79 Å². The number of hydrogen-bond donors (Lipinski definition) is 3. The Morgan fingerprint density at radius 3 is 1.91 bits per heavy atom. The standard InChI is InChI=1S/C23H39N3O6S/c1-20(2,3)30-17(27)15-14-12(33-13(25)11-24)10-23(16(14)15,18(28)31-21(4,5)6)26-19(29)32-22(7,8)9/h11-12,14-16H,10,24-25H2,1-9H3,(H,26,29)/b13-11+/t12-,14-,15-,16-,23-/m0/s1. The minimum Gasteiger partial charge on any atom is -0.460 e. The van der Waals surface area contributed by atoms with Crippen LogP contribution in [0.15, 0.2) is 11.2 Å². The largest absolute Gasteiger partial charge is 0.460 e. The van der Waals surface area contributed by atoms with Crippen LogP contribution in [0.25, 0.3) is 0 Å². The van der Waals surface area contributed by atoms with Crippen molar-refractivity contribution in [2.75, 3.05) is 0 Å². The topological polar surface area (TPSA) is 143 Å². The van der Waals surface area contributed by atoms with Gasteiger partial charge in [0.15, 0.2) is 0 Å². The number of amides is 1. The van der Waals surface area contributed by atoms with E-state index in [1.54, 1.807) is 62.3 Å². The fourth-order valence-electron chi connectivity index (χ4n) is 4.29. The Kier molecular flexibility index (Phi) is 7.34. The first-order valence-corrected chi connectivity index (χ1v) is 12.0. The molecule has 5 atom stereocenters. The Labute approximate surface area is 200 Å². The maximum Gasteiger partial charge on any atom is 0.408 e. The van der Waals surface area contributed by atoms with Gasteiger partial charge in [0, 0.05) is 17.4 Å². The number of rotatable bonds is 5. The van der Waals surface area contributed by atoms with Crippen LogP contribution in [0.2, 0.25) is 0 Å². The van der Waals surface area contributed by atoms with Crippen molar-refractivity contribution in [1.29, 1.82) is 0 Å². The quantitative estimate of drug-likeness (QED) is 0.395. The first-order valence-electron chi connectivity index (χ1n) is 11.1. The van der Waals surface area contributed by atoms with Gasteiger partial charge in [0.1, 0.15) is 22.3 Å². The van der Waals surface area contributed by atoms with Gasteiger partial charge in [-0.25, -0.2) is 9.59 Å². The summed E-state index contributed by atoms with van der Waals surface area (Å²) in [6.07, 6.45) is 0.740. The lowest BCUT2D eigenvalue weighted by molar-refractivity contribution is -0.165. The molecule has 0 spiro atoms. The molecule has 5 N–H and O–H groups in total. The van der Waals surface area contributed by atoms with Gasteiger partial charge >= 0.3 is 18.0 Å². The molecule has 0 radical (unpaired) electrons. The number of thioether (sulfide) groups is 1. The highest BCUT2D eigenvalue weighted by Gasteiger charge is 2.76. The first-order chi connectivity index (χ1) is 14.8. The number of esters is 2. The van der Waals surface area contributed by atoms with Crippen molar-refractivity contribution < 1.29 is 28.6 Å². The molecule has 0 unspecified atom stereocenters. The molecule has 2 aliphatic rings. The van der Waals surface area contributed by atoms with Crippen molar-refractivity contribution in [1.82, 2.24) is 5.32 Å². The molecule has 0 aromatic carbocycles. The van der Waals surface area contributed by atoms with Crippen molar-refractivity contribution in [2.24, 2.45) is 29.2 Å². The first kappa shape index (κ1) is 27.1. The molecule has 10 heteroatoms. The molecule has 0 heterocycles. The molecule has 33 heavy (non-hydrogen) atoms. The lowest BCUT2D eigenvalue weighted by Gasteiger charge is -2.35. The van der Waals surface area contributed by atoms with Crippen molar-refractivity contribution in [3.8, 4) is 0 Å². The number of carbonyl (C=O) groups excluding carboxylic acids is 3. The van der Waals surface area contributed by atoms with Crippen LogP contribution in [-0.2, 0) is 23.8 Å². The highest BCUT2D eigenvalue weighted by Crippen LogP contribution is 2.66. The van der Waals surface area contributed by atoms with Crippen LogP contribution in [0, 0.1) is 17.8 Å². The van der Waals surface area contributed by atoms with Crippen LogP contribution in [0.3, 0.4) is 0 Å². The monoisotopic (exact) mass is 485 g/mol. The fraction of sp³-hybridized carbons (Fsp3) is 0.783. The van der Waals surface area contributed by atoms with Crippen LogP contribution in [0.4, 0.5) is 4.79 Å². The maximum atomic E-state index is 13.6. The molecule has 188 valence electrons. The Bertz CT molecular complexity index is 824. The highest BCUT2D eigenvalue weighted by atomic mass is 32.2. The second kappa shape index (κ2) is 8.92. The van der Waals surface area contributed by atoms with Gasteiger partial charge in [0.2, 0.25) is 0 Å². The van der Waals surface area contributed by atoms with E-state index >= 15 is 0 Å². The fourth-order valence-corrected chi connectivity index (χ4v) is 5.56. The minimum atomic E-state index is -1.46. The molecule has 2 rings (SSSR count). The summed E-state index contributed by atoms with van der Waals surface area (Å²) in [6.45, 7) is 15.8. The summed E-state index contributed by atoms with van der Waals surface area (Å²) in [7, 11) is 0. The third kappa shape index (κ3) is 6.71. The molecule has 0 aliphatic heterocycles. The van der Waals surface area contributed by atoms with Crippen molar-refractivity contribution in [3.63, 3.8) is 0 Å². The second-order valence-electron chi connectivity index (χ2n) is 11.7. The lowest BCUT2D eigenvalue weighted by atomic mass is 9.89. The van der Waals surface area contributed by atoms with E-state index in [9.17, 15) is 14.4 Å². The molecule has 0 saturated heterocycles. The third-order valence-electron chi connectivity index (χ3n) is 5.21. The second-order valence-corrected chi connectivity index (χ2v) is 13.0. The molecule has 1 amide bonds. The molecule has 0 aromatic rings. The number of nitrogens with two attached hydrogens (primary N) is 2. The molecule has 0 aromatic heterocycles. The molecular weight excluding hydrogens is 446 g/mol. The predicted molar refractivity (Wildman–Crippen MR) is 127 cm³/mol. The zero-order valence-electron chi connectivity index (χ0n) is 21.1. The van der Waals surface area contributed by atoms with Gasteiger partial charge in [0.25, 0.3) is 0 Å². The summed E-state index contributed by atoms with van der Waals surface area (Å²) in [6, 6.07) is 0. The van der Waals surface area contributed by atoms with Crippen LogP contribution >= 0.6 is 11.8 Å². The molecular formula is C23H39N3O6S. The molecule has 2 fully saturated rings. The van der Waals surface area contributed by atoms with E-state index in [1.165, 1.54) is 18.0 Å². The average Bonchev–Trinajstić information content (AvgIpc) is 3.24. The molecule has 9 nitrogen and oxygen atoms in total.